The van der Waals surface area contributed by atoms with Gasteiger partial charge in [-0.1, -0.05) is 111 Å². The zero-order valence-electron chi connectivity index (χ0n) is 29.4. The van der Waals surface area contributed by atoms with Crippen LogP contribution in [0.5, 0.6) is 0 Å². The number of nitrogens with one attached hydrogen (secondary N) is 2. The molecular weight excluding hydrogens is 625 g/mol. The normalized spacial score (nSPS) is 12.7. The Kier molecular flexibility index (Phi) is 29.8. The van der Waals surface area contributed by atoms with E-state index in [-0.39, 0.29) is 23.3 Å². The first-order valence-corrected chi connectivity index (χ1v) is 20.1. The minimum Gasteiger partial charge on any atom is -0.480 e. The summed E-state index contributed by atoms with van der Waals surface area (Å²) in [6.07, 6.45) is 21.0. The maximum absolute atomic E-state index is 12.3. The molecule has 0 rings (SSSR count). The molecule has 0 aromatic heterocycles. The first kappa shape index (κ1) is 44.5. The summed E-state index contributed by atoms with van der Waals surface area (Å²) in [6, 6.07) is -2.09. The van der Waals surface area contributed by atoms with E-state index in [0.717, 1.165) is 64.5 Å². The van der Waals surface area contributed by atoms with E-state index in [1.54, 1.807) is 0 Å². The van der Waals surface area contributed by atoms with Crippen LogP contribution < -0.4 is 10.6 Å². The molecule has 0 aliphatic rings. The van der Waals surface area contributed by atoms with Gasteiger partial charge in [0.05, 0.1) is 0 Å². The third kappa shape index (κ3) is 29.9. The van der Waals surface area contributed by atoms with Crippen LogP contribution in [0.2, 0.25) is 0 Å². The lowest BCUT2D eigenvalue weighted by atomic mass is 10.1. The predicted octanol–water partition coefficient (Wildman–Crippen LogP) is 6.43. The number of amides is 2. The molecule has 4 N–H and O–H groups in total. The van der Waals surface area contributed by atoms with Gasteiger partial charge in [0.1, 0.15) is 12.1 Å². The fourth-order valence-electron chi connectivity index (χ4n) is 5.02. The Morgan fingerprint density at radius 3 is 1.00 bits per heavy atom. The van der Waals surface area contributed by atoms with Gasteiger partial charge in [-0.2, -0.15) is 0 Å². The number of hydrogen-bond donors (Lipinski definition) is 4. The highest BCUT2D eigenvalue weighted by Crippen LogP contribution is 2.23. The minimum absolute atomic E-state index is 0.108. The maximum Gasteiger partial charge on any atom is 0.327 e. The molecule has 0 spiro atoms. The number of hydrogen-bond acceptors (Lipinski definition) is 8. The van der Waals surface area contributed by atoms with Gasteiger partial charge in [0, 0.05) is 24.3 Å². The Morgan fingerprint density at radius 2 is 0.739 bits per heavy atom. The average molecular weight is 691 g/mol. The highest BCUT2D eigenvalue weighted by molar-refractivity contribution is 8.76. The SMILES string of the molecule is CN(C)CCCCCCCCCCCC(=O)NC(CSSCC(NC(=O)CCCCCCCCCCCN(C)C)C(=O)O)C(=O)O. The second-order valence-corrected chi connectivity index (χ2v) is 15.5. The summed E-state index contributed by atoms with van der Waals surface area (Å²) in [4.78, 5) is 52.3. The molecule has 2 atom stereocenters. The van der Waals surface area contributed by atoms with Crippen molar-refractivity contribution in [1.29, 1.82) is 0 Å². The van der Waals surface area contributed by atoms with Crippen LogP contribution in [-0.4, -0.2) is 109 Å². The van der Waals surface area contributed by atoms with Crippen molar-refractivity contribution in [2.24, 2.45) is 0 Å². The molecule has 270 valence electrons. The van der Waals surface area contributed by atoms with E-state index in [1.807, 2.05) is 0 Å². The van der Waals surface area contributed by atoms with Gasteiger partial charge in [0.15, 0.2) is 0 Å². The molecule has 0 heterocycles. The van der Waals surface area contributed by atoms with Crippen molar-refractivity contribution < 1.29 is 29.4 Å². The van der Waals surface area contributed by atoms with Crippen molar-refractivity contribution in [2.75, 3.05) is 52.8 Å². The molecule has 0 saturated heterocycles. The van der Waals surface area contributed by atoms with E-state index in [9.17, 15) is 29.4 Å². The standard InChI is InChI=1S/C34H66N4O6S2/c1-37(2)25-21-17-13-9-5-7-11-15-19-23-31(39)35-29(33(41)42)27-45-46-28-30(34(43)44)36-32(40)24-20-16-12-8-6-10-14-18-22-26-38(3)4/h29-30H,5-28H2,1-4H3,(H,35,39)(H,36,40)(H,41,42)(H,43,44). The van der Waals surface area contributed by atoms with Crippen LogP contribution in [-0.2, 0) is 19.2 Å². The molecule has 46 heavy (non-hydrogen) atoms. The van der Waals surface area contributed by atoms with Crippen LogP contribution in [0.4, 0.5) is 0 Å². The summed E-state index contributed by atoms with van der Waals surface area (Å²) >= 11 is 0. The fourth-order valence-corrected chi connectivity index (χ4v) is 7.33. The number of rotatable bonds is 33. The Bertz CT molecular complexity index is 740. The quantitative estimate of drug-likeness (QED) is 0.0450. The predicted molar refractivity (Wildman–Crippen MR) is 193 cm³/mol. The topological polar surface area (TPSA) is 139 Å². The monoisotopic (exact) mass is 690 g/mol. The third-order valence-electron chi connectivity index (χ3n) is 7.84. The largest absolute Gasteiger partial charge is 0.480 e. The minimum atomic E-state index is -1.12. The lowest BCUT2D eigenvalue weighted by Gasteiger charge is -2.16. The van der Waals surface area contributed by atoms with Crippen LogP contribution in [0, 0.1) is 0 Å². The van der Waals surface area contributed by atoms with Gasteiger partial charge in [-0.15, -0.1) is 0 Å². The molecule has 2 amide bonds. The first-order chi connectivity index (χ1) is 22.0. The molecular formula is C34H66N4O6S2. The molecule has 12 heteroatoms. The molecule has 0 radical (unpaired) electrons. The molecule has 0 aliphatic heterocycles. The summed E-state index contributed by atoms with van der Waals surface area (Å²) in [5.74, 6) is -2.56. The molecule has 0 aliphatic carbocycles. The highest BCUT2D eigenvalue weighted by atomic mass is 33.1. The number of unbranched alkanes of at least 4 members (excludes halogenated alkanes) is 16. The van der Waals surface area contributed by atoms with Crippen LogP contribution in [0.15, 0.2) is 0 Å². The van der Waals surface area contributed by atoms with Crippen molar-refractivity contribution in [3.63, 3.8) is 0 Å². The Morgan fingerprint density at radius 1 is 0.478 bits per heavy atom. The average Bonchev–Trinajstić information content (AvgIpc) is 2.98. The lowest BCUT2D eigenvalue weighted by molar-refractivity contribution is -0.141. The smallest absolute Gasteiger partial charge is 0.327 e. The highest BCUT2D eigenvalue weighted by Gasteiger charge is 2.23. The number of carbonyl (C=O) groups excluding carboxylic acids is 2. The van der Waals surface area contributed by atoms with Gasteiger partial charge >= 0.3 is 11.9 Å². The Hall–Kier alpha value is -1.50. The van der Waals surface area contributed by atoms with Gasteiger partial charge in [-0.3, -0.25) is 9.59 Å². The van der Waals surface area contributed by atoms with E-state index < -0.39 is 24.0 Å². The lowest BCUT2D eigenvalue weighted by Crippen LogP contribution is -2.43. The number of carbonyl (C=O) groups is 4. The van der Waals surface area contributed by atoms with E-state index in [4.69, 9.17) is 0 Å². The number of aliphatic carboxylic acids is 2. The summed E-state index contributed by atoms with van der Waals surface area (Å²) in [5, 5.41) is 24.2. The zero-order valence-corrected chi connectivity index (χ0v) is 31.0. The summed E-state index contributed by atoms with van der Waals surface area (Å²) < 4.78 is 0. The molecule has 0 bridgehead atoms. The van der Waals surface area contributed by atoms with Crippen molar-refractivity contribution in [1.82, 2.24) is 20.4 Å². The molecule has 10 nitrogen and oxygen atoms in total. The molecule has 0 aromatic rings. The van der Waals surface area contributed by atoms with Gasteiger partial charge in [0.2, 0.25) is 11.8 Å². The van der Waals surface area contributed by atoms with E-state index in [1.165, 1.54) is 85.8 Å². The first-order valence-electron chi connectivity index (χ1n) is 17.6. The van der Waals surface area contributed by atoms with Gasteiger partial charge in [-0.05, 0) is 67.0 Å². The maximum atomic E-state index is 12.3. The van der Waals surface area contributed by atoms with Crippen LogP contribution >= 0.6 is 21.6 Å². The molecule has 0 fully saturated rings. The molecule has 0 aromatic carbocycles. The van der Waals surface area contributed by atoms with Gasteiger partial charge in [-0.25, -0.2) is 9.59 Å². The van der Waals surface area contributed by atoms with Crippen molar-refractivity contribution in [2.45, 2.75) is 141 Å². The number of carboxylic acids is 2. The Balaban J connectivity index is 3.99. The zero-order chi connectivity index (χ0) is 34.4. The fraction of sp³-hybridized carbons (Fsp3) is 0.882. The summed E-state index contributed by atoms with van der Waals surface area (Å²) in [5.41, 5.74) is 0. The van der Waals surface area contributed by atoms with Crippen molar-refractivity contribution in [3.8, 4) is 0 Å². The second-order valence-electron chi connectivity index (χ2n) is 13.0. The van der Waals surface area contributed by atoms with Crippen molar-refractivity contribution >= 4 is 45.3 Å². The number of nitrogens with zero attached hydrogens (tertiary/aromatic N) is 2. The molecule has 2 unspecified atom stereocenters. The summed E-state index contributed by atoms with van der Waals surface area (Å²) in [6.45, 7) is 2.29. The van der Waals surface area contributed by atoms with E-state index >= 15 is 0 Å². The van der Waals surface area contributed by atoms with Crippen molar-refractivity contribution in [3.05, 3.63) is 0 Å². The Labute approximate surface area is 287 Å². The second kappa shape index (κ2) is 30.8. The van der Waals surface area contributed by atoms with Crippen LogP contribution in [0.25, 0.3) is 0 Å². The van der Waals surface area contributed by atoms with E-state index in [0.29, 0.717) is 12.8 Å². The van der Waals surface area contributed by atoms with Crippen LogP contribution in [0.3, 0.4) is 0 Å². The number of carboxylic acid groups (broad SMARTS) is 2. The van der Waals surface area contributed by atoms with E-state index in [2.05, 4.69) is 48.6 Å². The van der Waals surface area contributed by atoms with Gasteiger partial charge < -0.3 is 30.6 Å². The summed E-state index contributed by atoms with van der Waals surface area (Å²) in [7, 11) is 10.8. The molecule has 0 saturated carbocycles. The van der Waals surface area contributed by atoms with Crippen LogP contribution in [0.1, 0.15) is 128 Å². The van der Waals surface area contributed by atoms with Gasteiger partial charge in [0.25, 0.3) is 0 Å². The third-order valence-corrected chi connectivity index (χ3v) is 10.3.